The fourth-order valence-electron chi connectivity index (χ4n) is 2.80. The van der Waals surface area contributed by atoms with Gasteiger partial charge in [-0.1, -0.05) is 0 Å². The van der Waals surface area contributed by atoms with Crippen LogP contribution in [-0.4, -0.2) is 77.4 Å². The monoisotopic (exact) mass is 331 g/mol. The predicted molar refractivity (Wildman–Crippen MR) is 92.7 cm³/mol. The van der Waals surface area contributed by atoms with Gasteiger partial charge >= 0.3 is 0 Å². The topological polar surface area (TPSA) is 91.0 Å². The Morgan fingerprint density at radius 3 is 2.58 bits per heavy atom. The molecule has 0 radical (unpaired) electrons. The van der Waals surface area contributed by atoms with Crippen LogP contribution in [0.4, 0.5) is 5.95 Å². The molecule has 2 heterocycles. The van der Waals surface area contributed by atoms with Crippen LogP contribution in [0.3, 0.4) is 0 Å². The van der Waals surface area contributed by atoms with Crippen molar-refractivity contribution >= 4 is 17.8 Å². The molecule has 24 heavy (non-hydrogen) atoms. The Bertz CT molecular complexity index is 579. The van der Waals surface area contributed by atoms with Crippen LogP contribution in [0.2, 0.25) is 0 Å². The van der Waals surface area contributed by atoms with E-state index in [2.05, 4.69) is 19.9 Å². The number of carbonyl (C=O) groups excluding carboxylic acids is 1. The van der Waals surface area contributed by atoms with Crippen molar-refractivity contribution in [3.63, 3.8) is 0 Å². The molecule has 0 atom stereocenters. The number of hydrogen-bond acceptors (Lipinski definition) is 5. The van der Waals surface area contributed by atoms with E-state index >= 15 is 0 Å². The van der Waals surface area contributed by atoms with E-state index in [9.17, 15) is 4.79 Å². The predicted octanol–water partition coefficient (Wildman–Crippen LogP) is -0.0758. The van der Waals surface area contributed by atoms with Crippen molar-refractivity contribution in [2.45, 2.75) is 25.3 Å². The Morgan fingerprint density at radius 2 is 1.96 bits per heavy atom. The van der Waals surface area contributed by atoms with Gasteiger partial charge in [0, 0.05) is 58.1 Å². The maximum absolute atomic E-state index is 12.3. The van der Waals surface area contributed by atoms with E-state index in [1.54, 1.807) is 18.5 Å². The summed E-state index contributed by atoms with van der Waals surface area (Å²) in [5.74, 6) is 1.40. The summed E-state index contributed by atoms with van der Waals surface area (Å²) in [5.41, 5.74) is 5.94. The van der Waals surface area contributed by atoms with Gasteiger partial charge in [-0.15, -0.1) is 0 Å². The van der Waals surface area contributed by atoms with Gasteiger partial charge in [-0.05, 0) is 18.9 Å². The molecule has 1 aliphatic carbocycles. The molecule has 2 N–H and O–H groups in total. The van der Waals surface area contributed by atoms with Crippen molar-refractivity contribution < 1.29 is 4.79 Å². The number of carbonyl (C=O) groups is 1. The Kier molecular flexibility index (Phi) is 5.12. The van der Waals surface area contributed by atoms with E-state index in [1.165, 1.54) is 12.8 Å². The first-order valence-corrected chi connectivity index (χ1v) is 8.47. The molecule has 1 saturated heterocycles. The zero-order chi connectivity index (χ0) is 16.9. The number of anilines is 1. The normalized spacial score (nSPS) is 18.6. The Hall–Kier alpha value is -2.38. The van der Waals surface area contributed by atoms with E-state index in [1.807, 2.05) is 16.8 Å². The molecule has 2 fully saturated rings. The maximum atomic E-state index is 12.3. The summed E-state index contributed by atoms with van der Waals surface area (Å²) in [7, 11) is 1.96. The summed E-state index contributed by atoms with van der Waals surface area (Å²) in [6.45, 7) is 3.34. The second kappa shape index (κ2) is 7.46. The quantitative estimate of drug-likeness (QED) is 0.600. The summed E-state index contributed by atoms with van der Waals surface area (Å²) in [6, 6.07) is 2.34. The molecule has 0 aromatic carbocycles. The maximum Gasteiger partial charge on any atom is 0.225 e. The van der Waals surface area contributed by atoms with Crippen molar-refractivity contribution in [2.24, 2.45) is 10.7 Å². The van der Waals surface area contributed by atoms with Gasteiger partial charge < -0.3 is 20.4 Å². The van der Waals surface area contributed by atoms with Gasteiger partial charge in [-0.2, -0.15) is 0 Å². The summed E-state index contributed by atoms with van der Waals surface area (Å²) in [5, 5.41) is 0. The smallest absolute Gasteiger partial charge is 0.225 e. The Balaban J connectivity index is 1.41. The molecule has 1 aliphatic heterocycles. The first-order chi connectivity index (χ1) is 11.6. The largest absolute Gasteiger partial charge is 0.370 e. The first-order valence-electron chi connectivity index (χ1n) is 8.47. The number of nitrogens with two attached hydrogens (primary N) is 1. The van der Waals surface area contributed by atoms with Crippen LogP contribution in [0.25, 0.3) is 0 Å². The van der Waals surface area contributed by atoms with Crippen molar-refractivity contribution in [3.8, 4) is 0 Å². The minimum atomic E-state index is 0.134. The second-order valence-corrected chi connectivity index (χ2v) is 6.25. The molecule has 0 spiro atoms. The fraction of sp³-hybridized carbons (Fsp3) is 0.625. The van der Waals surface area contributed by atoms with Gasteiger partial charge in [0.25, 0.3) is 0 Å². The Labute approximate surface area is 142 Å². The van der Waals surface area contributed by atoms with Gasteiger partial charge in [0.05, 0.1) is 6.54 Å². The van der Waals surface area contributed by atoms with Crippen LogP contribution in [0.15, 0.2) is 23.5 Å². The lowest BCUT2D eigenvalue weighted by Crippen LogP contribution is -2.49. The third-order valence-corrected chi connectivity index (χ3v) is 4.52. The Morgan fingerprint density at radius 1 is 1.29 bits per heavy atom. The van der Waals surface area contributed by atoms with Crippen LogP contribution in [0.5, 0.6) is 0 Å². The lowest BCUT2D eigenvalue weighted by atomic mass is 10.3. The lowest BCUT2D eigenvalue weighted by molar-refractivity contribution is -0.131. The molecular weight excluding hydrogens is 306 g/mol. The molecule has 1 amide bonds. The average Bonchev–Trinajstić information content (AvgIpc) is 3.47. The fourth-order valence-corrected chi connectivity index (χ4v) is 2.80. The molecule has 2 aliphatic rings. The highest BCUT2D eigenvalue weighted by Crippen LogP contribution is 2.24. The van der Waals surface area contributed by atoms with E-state index in [4.69, 9.17) is 5.73 Å². The molecule has 0 bridgehead atoms. The number of nitrogens with zero attached hydrogens (tertiary/aromatic N) is 6. The van der Waals surface area contributed by atoms with Crippen molar-refractivity contribution in [3.05, 3.63) is 18.5 Å². The van der Waals surface area contributed by atoms with Crippen LogP contribution < -0.4 is 10.6 Å². The SMILES string of the molecule is CN(C(N)=NCCC(=O)N1CCN(c2ncccn2)CC1)C1CC1. The van der Waals surface area contributed by atoms with Crippen LogP contribution in [0, 0.1) is 0 Å². The number of piperazine rings is 1. The lowest BCUT2D eigenvalue weighted by Gasteiger charge is -2.34. The summed E-state index contributed by atoms with van der Waals surface area (Å²) < 4.78 is 0. The third-order valence-electron chi connectivity index (χ3n) is 4.52. The first kappa shape index (κ1) is 16.5. The van der Waals surface area contributed by atoms with Gasteiger partial charge in [0.15, 0.2) is 5.96 Å². The number of aliphatic imine (C=N–C) groups is 1. The molecule has 130 valence electrons. The molecule has 1 aromatic heterocycles. The molecule has 3 rings (SSSR count). The van der Waals surface area contributed by atoms with Crippen LogP contribution >= 0.6 is 0 Å². The van der Waals surface area contributed by atoms with Crippen LogP contribution in [-0.2, 0) is 4.79 Å². The highest BCUT2D eigenvalue weighted by Gasteiger charge is 2.27. The third kappa shape index (κ3) is 4.12. The molecular formula is C16H25N7O. The molecule has 8 nitrogen and oxygen atoms in total. The van der Waals surface area contributed by atoms with Gasteiger partial charge in [-0.3, -0.25) is 9.79 Å². The zero-order valence-corrected chi connectivity index (χ0v) is 14.1. The minimum absolute atomic E-state index is 0.134. The second-order valence-electron chi connectivity index (χ2n) is 6.25. The molecule has 1 saturated carbocycles. The highest BCUT2D eigenvalue weighted by molar-refractivity contribution is 5.80. The van der Waals surface area contributed by atoms with Crippen molar-refractivity contribution in [1.82, 2.24) is 19.8 Å². The van der Waals surface area contributed by atoms with E-state index < -0.39 is 0 Å². The number of hydrogen-bond donors (Lipinski definition) is 1. The number of rotatable bonds is 5. The number of amides is 1. The van der Waals surface area contributed by atoms with Gasteiger partial charge in [-0.25, -0.2) is 9.97 Å². The summed E-state index contributed by atoms with van der Waals surface area (Å²) in [4.78, 5) is 31.1. The van der Waals surface area contributed by atoms with E-state index in [0.717, 1.165) is 19.0 Å². The molecule has 8 heteroatoms. The van der Waals surface area contributed by atoms with Crippen LogP contribution in [0.1, 0.15) is 19.3 Å². The van der Waals surface area contributed by atoms with E-state index in [-0.39, 0.29) is 5.91 Å². The van der Waals surface area contributed by atoms with Crippen molar-refractivity contribution in [1.29, 1.82) is 0 Å². The van der Waals surface area contributed by atoms with E-state index in [0.29, 0.717) is 38.1 Å². The zero-order valence-electron chi connectivity index (χ0n) is 14.1. The van der Waals surface area contributed by atoms with Gasteiger partial charge in [0.2, 0.25) is 11.9 Å². The molecule has 1 aromatic rings. The highest BCUT2D eigenvalue weighted by atomic mass is 16.2. The van der Waals surface area contributed by atoms with Crippen molar-refractivity contribution in [2.75, 3.05) is 44.7 Å². The number of aromatic nitrogens is 2. The summed E-state index contributed by atoms with van der Waals surface area (Å²) >= 11 is 0. The number of guanidine groups is 1. The molecule has 0 unspecified atom stereocenters. The average molecular weight is 331 g/mol. The summed E-state index contributed by atoms with van der Waals surface area (Å²) in [6.07, 6.45) is 6.24. The standard InChI is InChI=1S/C16H25N7O/c1-21(13-3-4-13)15(17)18-8-5-14(24)22-9-11-23(12-10-22)16-19-6-2-7-20-16/h2,6-7,13H,3-5,8-12H2,1H3,(H2,17,18). The van der Waals surface area contributed by atoms with Gasteiger partial charge in [0.1, 0.15) is 0 Å². The minimum Gasteiger partial charge on any atom is -0.370 e.